The number of amides is 1. The Bertz CT molecular complexity index is 904. The SMILES string of the molecule is COc1ccc(CCNC(=O)c2cc3cc(Cl)ccc3o2)cc1OC. The third-order valence-electron chi connectivity index (χ3n) is 3.85. The third-order valence-corrected chi connectivity index (χ3v) is 4.08. The summed E-state index contributed by atoms with van der Waals surface area (Å²) in [4.78, 5) is 12.2. The lowest BCUT2D eigenvalue weighted by atomic mass is 10.1. The summed E-state index contributed by atoms with van der Waals surface area (Å²) in [6.45, 7) is 0.478. The standard InChI is InChI=1S/C19H18ClNO4/c1-23-16-5-3-12(9-17(16)24-2)7-8-21-19(22)18-11-13-10-14(20)4-6-15(13)25-18/h3-6,9-11H,7-8H2,1-2H3,(H,21,22). The van der Waals surface area contributed by atoms with Crippen molar-refractivity contribution in [3.8, 4) is 11.5 Å². The summed E-state index contributed by atoms with van der Waals surface area (Å²) in [7, 11) is 3.19. The van der Waals surface area contributed by atoms with E-state index in [0.717, 1.165) is 10.9 Å². The largest absolute Gasteiger partial charge is 0.493 e. The van der Waals surface area contributed by atoms with Gasteiger partial charge in [-0.15, -0.1) is 0 Å². The number of hydrogen-bond donors (Lipinski definition) is 1. The molecule has 0 fully saturated rings. The van der Waals surface area contributed by atoms with E-state index >= 15 is 0 Å². The lowest BCUT2D eigenvalue weighted by Gasteiger charge is -2.09. The van der Waals surface area contributed by atoms with Crippen molar-refractivity contribution in [2.24, 2.45) is 0 Å². The van der Waals surface area contributed by atoms with Gasteiger partial charge in [0.15, 0.2) is 17.3 Å². The number of carbonyl (C=O) groups is 1. The van der Waals surface area contributed by atoms with Gasteiger partial charge >= 0.3 is 0 Å². The van der Waals surface area contributed by atoms with Crippen molar-refractivity contribution in [1.82, 2.24) is 5.32 Å². The number of ether oxygens (including phenoxy) is 2. The number of carbonyl (C=O) groups excluding carboxylic acids is 1. The van der Waals surface area contributed by atoms with E-state index in [1.54, 1.807) is 38.5 Å². The van der Waals surface area contributed by atoms with Crippen LogP contribution in [-0.2, 0) is 6.42 Å². The molecule has 0 aliphatic rings. The fourth-order valence-electron chi connectivity index (χ4n) is 2.57. The van der Waals surface area contributed by atoms with Gasteiger partial charge in [0, 0.05) is 17.0 Å². The topological polar surface area (TPSA) is 60.7 Å². The quantitative estimate of drug-likeness (QED) is 0.720. The molecule has 0 atom stereocenters. The van der Waals surface area contributed by atoms with Crippen LogP contribution in [0, 0.1) is 0 Å². The Hall–Kier alpha value is -2.66. The molecule has 0 saturated carbocycles. The van der Waals surface area contributed by atoms with Gasteiger partial charge in [0.1, 0.15) is 5.58 Å². The van der Waals surface area contributed by atoms with E-state index < -0.39 is 0 Å². The fraction of sp³-hybridized carbons (Fsp3) is 0.211. The van der Waals surface area contributed by atoms with E-state index in [4.69, 9.17) is 25.5 Å². The van der Waals surface area contributed by atoms with Crippen molar-refractivity contribution < 1.29 is 18.7 Å². The van der Waals surface area contributed by atoms with Gasteiger partial charge in [-0.25, -0.2) is 0 Å². The average Bonchev–Trinajstić information content (AvgIpc) is 3.04. The number of methoxy groups -OCH3 is 2. The molecule has 1 heterocycles. The summed E-state index contributed by atoms with van der Waals surface area (Å²) < 4.78 is 16.0. The second-order valence-corrected chi connectivity index (χ2v) is 5.92. The first-order valence-corrected chi connectivity index (χ1v) is 8.16. The lowest BCUT2D eigenvalue weighted by Crippen LogP contribution is -2.25. The second kappa shape index (κ2) is 7.49. The van der Waals surface area contributed by atoms with Crippen molar-refractivity contribution in [3.63, 3.8) is 0 Å². The zero-order valence-electron chi connectivity index (χ0n) is 14.0. The van der Waals surface area contributed by atoms with Crippen LogP contribution in [-0.4, -0.2) is 26.7 Å². The smallest absolute Gasteiger partial charge is 0.287 e. The van der Waals surface area contributed by atoms with Crippen LogP contribution in [0.4, 0.5) is 0 Å². The van der Waals surface area contributed by atoms with Gasteiger partial charge in [0.25, 0.3) is 5.91 Å². The molecule has 0 bridgehead atoms. The molecular formula is C19H18ClNO4. The molecule has 2 aromatic carbocycles. The first-order chi connectivity index (χ1) is 12.1. The molecule has 0 unspecified atom stereocenters. The van der Waals surface area contributed by atoms with Gasteiger partial charge in [-0.2, -0.15) is 0 Å². The summed E-state index contributed by atoms with van der Waals surface area (Å²) >= 11 is 5.94. The molecule has 1 aromatic heterocycles. The van der Waals surface area contributed by atoms with Crippen molar-refractivity contribution in [2.45, 2.75) is 6.42 Å². The molecule has 0 radical (unpaired) electrons. The fourth-order valence-corrected chi connectivity index (χ4v) is 2.75. The number of nitrogens with one attached hydrogen (secondary N) is 1. The predicted octanol–water partition coefficient (Wildman–Crippen LogP) is 4.08. The number of benzene rings is 2. The zero-order chi connectivity index (χ0) is 17.8. The minimum absolute atomic E-state index is 0.257. The maximum absolute atomic E-state index is 12.2. The maximum atomic E-state index is 12.2. The monoisotopic (exact) mass is 359 g/mol. The van der Waals surface area contributed by atoms with Crippen LogP contribution in [0.3, 0.4) is 0 Å². The summed E-state index contributed by atoms with van der Waals surface area (Å²) in [5, 5.41) is 4.26. The van der Waals surface area contributed by atoms with Crippen LogP contribution in [0.5, 0.6) is 11.5 Å². The molecule has 0 aliphatic carbocycles. The molecule has 0 aliphatic heterocycles. The number of furan rings is 1. The van der Waals surface area contributed by atoms with Gasteiger partial charge in [-0.1, -0.05) is 17.7 Å². The van der Waals surface area contributed by atoms with Gasteiger partial charge in [0.05, 0.1) is 14.2 Å². The predicted molar refractivity (Wildman–Crippen MR) is 96.8 cm³/mol. The van der Waals surface area contributed by atoms with Gasteiger partial charge in [0.2, 0.25) is 0 Å². The minimum Gasteiger partial charge on any atom is -0.493 e. The van der Waals surface area contributed by atoms with E-state index in [1.165, 1.54) is 0 Å². The first-order valence-electron chi connectivity index (χ1n) is 7.79. The first kappa shape index (κ1) is 17.2. The van der Waals surface area contributed by atoms with Gasteiger partial charge in [-0.3, -0.25) is 4.79 Å². The van der Waals surface area contributed by atoms with Gasteiger partial charge in [-0.05, 0) is 48.4 Å². The molecule has 6 heteroatoms. The summed E-state index contributed by atoms with van der Waals surface area (Å²) in [5.74, 6) is 1.36. The average molecular weight is 360 g/mol. The molecule has 1 N–H and O–H groups in total. The molecule has 5 nitrogen and oxygen atoms in total. The van der Waals surface area contributed by atoms with E-state index in [9.17, 15) is 4.79 Å². The molecule has 1 amide bonds. The number of hydrogen-bond acceptors (Lipinski definition) is 4. The lowest BCUT2D eigenvalue weighted by molar-refractivity contribution is 0.0928. The van der Waals surface area contributed by atoms with Gasteiger partial charge < -0.3 is 19.2 Å². The highest BCUT2D eigenvalue weighted by molar-refractivity contribution is 6.31. The highest BCUT2D eigenvalue weighted by atomic mass is 35.5. The Morgan fingerprint density at radius 1 is 1.08 bits per heavy atom. The number of halogens is 1. The Labute approximate surface area is 150 Å². The molecular weight excluding hydrogens is 342 g/mol. The summed E-state index contributed by atoms with van der Waals surface area (Å²) in [5.41, 5.74) is 1.67. The zero-order valence-corrected chi connectivity index (χ0v) is 14.7. The third kappa shape index (κ3) is 3.88. The molecule has 25 heavy (non-hydrogen) atoms. The Morgan fingerprint density at radius 2 is 1.88 bits per heavy atom. The molecule has 0 saturated heterocycles. The Kier molecular flexibility index (Phi) is 5.14. The van der Waals surface area contributed by atoms with Crippen LogP contribution in [0.25, 0.3) is 11.0 Å². The molecule has 130 valence electrons. The summed E-state index contributed by atoms with van der Waals surface area (Å²) in [6.07, 6.45) is 0.665. The van der Waals surface area contributed by atoms with E-state index in [0.29, 0.717) is 35.1 Å². The van der Waals surface area contributed by atoms with Crippen molar-refractivity contribution in [2.75, 3.05) is 20.8 Å². The van der Waals surface area contributed by atoms with Crippen molar-refractivity contribution in [1.29, 1.82) is 0 Å². The number of rotatable bonds is 6. The molecule has 3 rings (SSSR count). The highest BCUT2D eigenvalue weighted by Crippen LogP contribution is 2.27. The van der Waals surface area contributed by atoms with E-state index in [-0.39, 0.29) is 11.7 Å². The summed E-state index contributed by atoms with van der Waals surface area (Å²) in [6, 6.07) is 12.6. The molecule has 3 aromatic rings. The van der Waals surface area contributed by atoms with Crippen LogP contribution in [0.1, 0.15) is 16.1 Å². The number of fused-ring (bicyclic) bond motifs is 1. The van der Waals surface area contributed by atoms with Crippen molar-refractivity contribution >= 4 is 28.5 Å². The van der Waals surface area contributed by atoms with E-state index in [2.05, 4.69) is 5.32 Å². The highest BCUT2D eigenvalue weighted by Gasteiger charge is 2.12. The van der Waals surface area contributed by atoms with Crippen LogP contribution < -0.4 is 14.8 Å². The van der Waals surface area contributed by atoms with E-state index in [1.807, 2.05) is 18.2 Å². The maximum Gasteiger partial charge on any atom is 0.287 e. The van der Waals surface area contributed by atoms with Crippen molar-refractivity contribution in [3.05, 3.63) is 58.8 Å². The Balaban J connectivity index is 1.62. The Morgan fingerprint density at radius 3 is 2.64 bits per heavy atom. The minimum atomic E-state index is -0.257. The van der Waals surface area contributed by atoms with Crippen LogP contribution >= 0.6 is 11.6 Å². The van der Waals surface area contributed by atoms with Crippen LogP contribution in [0.15, 0.2) is 46.9 Å². The van der Waals surface area contributed by atoms with Crippen LogP contribution in [0.2, 0.25) is 5.02 Å². The second-order valence-electron chi connectivity index (χ2n) is 5.49. The molecule has 0 spiro atoms. The normalized spacial score (nSPS) is 10.7.